The summed E-state index contributed by atoms with van der Waals surface area (Å²) in [6.45, 7) is 2.47. The Morgan fingerprint density at radius 1 is 0.886 bits per heavy atom. The smallest absolute Gasteiger partial charge is 0.253 e. The van der Waals surface area contributed by atoms with Gasteiger partial charge in [0.15, 0.2) is 0 Å². The van der Waals surface area contributed by atoms with Crippen LogP contribution in [0.5, 0.6) is 5.75 Å². The number of nitrogens with zero attached hydrogens (tertiary/aromatic N) is 2. The van der Waals surface area contributed by atoms with Crippen LogP contribution in [-0.2, 0) is 11.4 Å². The van der Waals surface area contributed by atoms with Gasteiger partial charge in [-0.1, -0.05) is 56.4 Å². The predicted octanol–water partition coefficient (Wildman–Crippen LogP) is 4.01. The van der Waals surface area contributed by atoms with Crippen LogP contribution in [0.1, 0.15) is 71.2 Å². The van der Waals surface area contributed by atoms with E-state index in [0.29, 0.717) is 55.4 Å². The van der Waals surface area contributed by atoms with E-state index in [-0.39, 0.29) is 18.4 Å². The number of nitrogens with two attached hydrogens (primary N) is 1. The molecule has 2 fully saturated rings. The number of amides is 3. The molecule has 1 saturated carbocycles. The van der Waals surface area contributed by atoms with Gasteiger partial charge in [-0.25, -0.2) is 0 Å². The highest BCUT2D eigenvalue weighted by atomic mass is 16.5. The molecule has 0 spiro atoms. The van der Waals surface area contributed by atoms with Gasteiger partial charge in [-0.05, 0) is 42.2 Å². The van der Waals surface area contributed by atoms with Crippen molar-refractivity contribution >= 4 is 17.7 Å². The van der Waals surface area contributed by atoms with Crippen molar-refractivity contribution in [2.75, 3.05) is 26.2 Å². The van der Waals surface area contributed by atoms with Crippen molar-refractivity contribution in [2.45, 2.75) is 51.6 Å². The third-order valence-electron chi connectivity index (χ3n) is 7.13. The zero-order chi connectivity index (χ0) is 24.6. The molecule has 2 aromatic rings. The highest BCUT2D eigenvalue weighted by Crippen LogP contribution is 2.27. The van der Waals surface area contributed by atoms with E-state index >= 15 is 0 Å². The second-order valence-electron chi connectivity index (χ2n) is 9.57. The molecule has 2 aliphatic rings. The van der Waals surface area contributed by atoms with Gasteiger partial charge in [-0.15, -0.1) is 0 Å². The first-order chi connectivity index (χ1) is 17.0. The third-order valence-corrected chi connectivity index (χ3v) is 7.13. The zero-order valence-corrected chi connectivity index (χ0v) is 20.3. The van der Waals surface area contributed by atoms with Crippen LogP contribution in [0.25, 0.3) is 0 Å². The van der Waals surface area contributed by atoms with Crippen molar-refractivity contribution in [2.24, 2.45) is 11.7 Å². The Morgan fingerprint density at radius 3 is 2.34 bits per heavy atom. The number of para-hydroxylation sites is 1. The van der Waals surface area contributed by atoms with Gasteiger partial charge in [0.05, 0.1) is 5.56 Å². The number of rotatable bonds is 8. The molecule has 0 unspecified atom stereocenters. The summed E-state index contributed by atoms with van der Waals surface area (Å²) < 4.78 is 5.80. The topological polar surface area (TPSA) is 92.9 Å². The maximum Gasteiger partial charge on any atom is 0.253 e. The van der Waals surface area contributed by atoms with Crippen LogP contribution in [-0.4, -0.2) is 53.7 Å². The lowest BCUT2D eigenvalue weighted by Gasteiger charge is -2.35. The lowest BCUT2D eigenvalue weighted by molar-refractivity contribution is -0.133. The lowest BCUT2D eigenvalue weighted by atomic mass is 9.86. The largest absolute Gasteiger partial charge is 0.488 e. The molecule has 0 radical (unpaired) electrons. The third kappa shape index (κ3) is 6.62. The molecule has 1 saturated heterocycles. The SMILES string of the molecule is NC(=O)c1ccccc1OCc1cccc(C(=O)N2CCN(C(=O)CCC3CCCCC3)CC2)c1. The predicted molar refractivity (Wildman–Crippen MR) is 134 cm³/mol. The van der Waals surface area contributed by atoms with Crippen molar-refractivity contribution < 1.29 is 19.1 Å². The van der Waals surface area contributed by atoms with E-state index in [2.05, 4.69) is 0 Å². The summed E-state index contributed by atoms with van der Waals surface area (Å²) in [5.74, 6) is 0.755. The van der Waals surface area contributed by atoms with Gasteiger partial charge < -0.3 is 20.3 Å². The van der Waals surface area contributed by atoms with Gasteiger partial charge in [-0.2, -0.15) is 0 Å². The molecule has 7 heteroatoms. The van der Waals surface area contributed by atoms with E-state index in [9.17, 15) is 14.4 Å². The molecule has 0 atom stereocenters. The Bertz CT molecular complexity index is 1040. The summed E-state index contributed by atoms with van der Waals surface area (Å²) >= 11 is 0. The molecule has 1 heterocycles. The van der Waals surface area contributed by atoms with Gasteiger partial charge in [0.1, 0.15) is 12.4 Å². The van der Waals surface area contributed by atoms with Gasteiger partial charge in [0.25, 0.3) is 11.8 Å². The monoisotopic (exact) mass is 477 g/mol. The minimum absolute atomic E-state index is 0.0429. The van der Waals surface area contributed by atoms with Gasteiger partial charge >= 0.3 is 0 Å². The maximum atomic E-state index is 13.1. The Hall–Kier alpha value is -3.35. The Morgan fingerprint density at radius 2 is 1.60 bits per heavy atom. The van der Waals surface area contributed by atoms with E-state index < -0.39 is 5.91 Å². The molecule has 0 aromatic heterocycles. The van der Waals surface area contributed by atoms with Crippen molar-refractivity contribution in [1.82, 2.24) is 9.80 Å². The average Bonchev–Trinajstić information content (AvgIpc) is 2.91. The first-order valence-electron chi connectivity index (χ1n) is 12.7. The molecular formula is C28H35N3O4. The summed E-state index contributed by atoms with van der Waals surface area (Å²) in [6, 6.07) is 14.2. The standard InChI is InChI=1S/C28H35N3O4/c29-27(33)24-11-4-5-12-25(24)35-20-22-9-6-10-23(19-22)28(34)31-17-15-30(16-18-31)26(32)14-13-21-7-2-1-3-8-21/h4-6,9-12,19,21H,1-3,7-8,13-18,20H2,(H2,29,33). The maximum absolute atomic E-state index is 13.1. The highest BCUT2D eigenvalue weighted by Gasteiger charge is 2.25. The summed E-state index contributed by atoms with van der Waals surface area (Å²) in [5.41, 5.74) is 7.16. The number of hydrogen-bond acceptors (Lipinski definition) is 4. The van der Waals surface area contributed by atoms with Crippen molar-refractivity contribution in [3.63, 3.8) is 0 Å². The second-order valence-corrected chi connectivity index (χ2v) is 9.57. The van der Waals surface area contributed by atoms with Gasteiger partial charge in [0, 0.05) is 38.2 Å². The summed E-state index contributed by atoms with van der Waals surface area (Å²) in [7, 11) is 0. The highest BCUT2D eigenvalue weighted by molar-refractivity contribution is 5.95. The Kier molecular flexibility index (Phi) is 8.40. The van der Waals surface area contributed by atoms with Crippen molar-refractivity contribution in [3.05, 3.63) is 65.2 Å². The van der Waals surface area contributed by atoms with Crippen LogP contribution in [0, 0.1) is 5.92 Å². The van der Waals surface area contributed by atoms with Gasteiger partial charge in [0.2, 0.25) is 5.91 Å². The fourth-order valence-electron chi connectivity index (χ4n) is 5.05. The zero-order valence-electron chi connectivity index (χ0n) is 20.3. The summed E-state index contributed by atoms with van der Waals surface area (Å²) in [5, 5.41) is 0. The Labute approximate surface area is 207 Å². The number of carbonyl (C=O) groups excluding carboxylic acids is 3. The Balaban J connectivity index is 1.27. The van der Waals surface area contributed by atoms with Crippen LogP contribution in [0.3, 0.4) is 0 Å². The number of piperazine rings is 1. The van der Waals surface area contributed by atoms with Crippen LogP contribution >= 0.6 is 0 Å². The molecule has 7 nitrogen and oxygen atoms in total. The summed E-state index contributed by atoms with van der Waals surface area (Å²) in [4.78, 5) is 41.1. The van der Waals surface area contributed by atoms with E-state index in [1.807, 2.05) is 28.0 Å². The molecular weight excluding hydrogens is 442 g/mol. The molecule has 2 aromatic carbocycles. The molecule has 3 amide bonds. The average molecular weight is 478 g/mol. The molecule has 35 heavy (non-hydrogen) atoms. The van der Waals surface area contributed by atoms with Crippen LogP contribution in [0.4, 0.5) is 0 Å². The van der Waals surface area contributed by atoms with E-state index in [1.165, 1.54) is 32.1 Å². The number of ether oxygens (including phenoxy) is 1. The molecule has 186 valence electrons. The van der Waals surface area contributed by atoms with Crippen LogP contribution < -0.4 is 10.5 Å². The second kappa shape index (κ2) is 11.9. The number of benzene rings is 2. The molecule has 2 N–H and O–H groups in total. The van der Waals surface area contributed by atoms with Crippen molar-refractivity contribution in [3.8, 4) is 5.75 Å². The van der Waals surface area contributed by atoms with E-state index in [1.54, 1.807) is 30.3 Å². The molecule has 4 rings (SSSR count). The number of hydrogen-bond donors (Lipinski definition) is 1. The molecule has 1 aliphatic carbocycles. The number of primary amides is 1. The quantitative estimate of drug-likeness (QED) is 0.622. The molecule has 1 aliphatic heterocycles. The van der Waals surface area contributed by atoms with Gasteiger partial charge in [-0.3, -0.25) is 14.4 Å². The van der Waals surface area contributed by atoms with Crippen LogP contribution in [0.15, 0.2) is 48.5 Å². The van der Waals surface area contributed by atoms with E-state index in [4.69, 9.17) is 10.5 Å². The van der Waals surface area contributed by atoms with Crippen LogP contribution in [0.2, 0.25) is 0 Å². The normalized spacial score (nSPS) is 16.7. The first kappa shape index (κ1) is 24.8. The summed E-state index contributed by atoms with van der Waals surface area (Å²) in [6.07, 6.45) is 8.08. The number of carbonyl (C=O) groups is 3. The minimum atomic E-state index is -0.545. The van der Waals surface area contributed by atoms with Crippen molar-refractivity contribution in [1.29, 1.82) is 0 Å². The fourth-order valence-corrected chi connectivity index (χ4v) is 5.05. The minimum Gasteiger partial charge on any atom is -0.488 e. The first-order valence-corrected chi connectivity index (χ1v) is 12.7. The fraction of sp³-hybridized carbons (Fsp3) is 0.464. The van der Waals surface area contributed by atoms with E-state index in [0.717, 1.165) is 12.0 Å². The molecule has 0 bridgehead atoms. The lowest BCUT2D eigenvalue weighted by Crippen LogP contribution is -2.50.